The quantitative estimate of drug-likeness (QED) is 0.815. The minimum absolute atomic E-state index is 0.0131. The van der Waals surface area contributed by atoms with Crippen LogP contribution in [0.2, 0.25) is 0 Å². The van der Waals surface area contributed by atoms with Crippen LogP contribution in [0, 0.1) is 6.92 Å². The molecule has 1 aromatic carbocycles. The highest BCUT2D eigenvalue weighted by Crippen LogP contribution is 2.32. The van der Waals surface area contributed by atoms with Crippen molar-refractivity contribution in [2.45, 2.75) is 32.4 Å². The molecular formula is C17H20N2O3S. The van der Waals surface area contributed by atoms with E-state index in [1.54, 1.807) is 43.8 Å². The molecule has 2 aromatic rings. The van der Waals surface area contributed by atoms with E-state index in [2.05, 4.69) is 4.98 Å². The van der Waals surface area contributed by atoms with Crippen LogP contribution in [-0.4, -0.2) is 36.1 Å². The van der Waals surface area contributed by atoms with E-state index in [1.807, 2.05) is 17.2 Å². The zero-order chi connectivity index (χ0) is 16.4. The molecule has 0 radical (unpaired) electrons. The van der Waals surface area contributed by atoms with Crippen LogP contribution in [0.15, 0.2) is 23.6 Å². The van der Waals surface area contributed by atoms with E-state index < -0.39 is 0 Å². The second kappa shape index (κ2) is 6.58. The first-order valence-electron chi connectivity index (χ1n) is 7.56. The molecule has 1 aliphatic carbocycles. The number of aryl methyl sites for hydroxylation is 1. The molecule has 0 bridgehead atoms. The number of nitrogens with zero attached hydrogens (tertiary/aromatic N) is 2. The summed E-state index contributed by atoms with van der Waals surface area (Å²) in [4.78, 5) is 19.3. The maximum absolute atomic E-state index is 12.9. The predicted molar refractivity (Wildman–Crippen MR) is 89.3 cm³/mol. The molecule has 122 valence electrons. The zero-order valence-corrected chi connectivity index (χ0v) is 14.4. The second-order valence-corrected chi connectivity index (χ2v) is 6.65. The third-order valence-corrected chi connectivity index (χ3v) is 4.70. The van der Waals surface area contributed by atoms with Crippen LogP contribution in [0.4, 0.5) is 0 Å². The summed E-state index contributed by atoms with van der Waals surface area (Å²) in [5, 5.41) is 3.04. The summed E-state index contributed by atoms with van der Waals surface area (Å²) < 4.78 is 10.5. The standard InChI is InChI=1S/C17H20N2O3S/c1-11-18-13(10-23-11)9-19(14-5-6-14)17(20)12-4-7-15(21-2)16(8-12)22-3/h4,7-8,10,14H,5-6,9H2,1-3H3. The first-order chi connectivity index (χ1) is 11.1. The van der Waals surface area contributed by atoms with Crippen molar-refractivity contribution in [1.29, 1.82) is 0 Å². The Bertz CT molecular complexity index is 710. The fourth-order valence-corrected chi connectivity index (χ4v) is 3.15. The van der Waals surface area contributed by atoms with E-state index in [0.717, 1.165) is 23.5 Å². The van der Waals surface area contributed by atoms with Gasteiger partial charge in [0, 0.05) is 17.0 Å². The number of aromatic nitrogens is 1. The number of methoxy groups -OCH3 is 2. The minimum Gasteiger partial charge on any atom is -0.493 e. The number of thiazole rings is 1. The number of benzene rings is 1. The third-order valence-electron chi connectivity index (χ3n) is 3.88. The highest BCUT2D eigenvalue weighted by Gasteiger charge is 2.33. The van der Waals surface area contributed by atoms with Crippen LogP contribution >= 0.6 is 11.3 Å². The molecule has 0 aliphatic heterocycles. The van der Waals surface area contributed by atoms with Crippen molar-refractivity contribution < 1.29 is 14.3 Å². The topological polar surface area (TPSA) is 51.7 Å². The number of ether oxygens (including phenoxy) is 2. The van der Waals surface area contributed by atoms with Gasteiger partial charge in [-0.2, -0.15) is 0 Å². The molecule has 0 atom stereocenters. The molecule has 1 heterocycles. The molecule has 1 fully saturated rings. The Hall–Kier alpha value is -2.08. The van der Waals surface area contributed by atoms with Crippen LogP contribution in [0.25, 0.3) is 0 Å². The van der Waals surface area contributed by atoms with Gasteiger partial charge < -0.3 is 14.4 Å². The Balaban J connectivity index is 1.83. The Kier molecular flexibility index (Phi) is 4.52. The lowest BCUT2D eigenvalue weighted by Crippen LogP contribution is -2.32. The van der Waals surface area contributed by atoms with Crippen LogP contribution in [-0.2, 0) is 6.54 Å². The Labute approximate surface area is 139 Å². The molecule has 0 saturated heterocycles. The number of carbonyl (C=O) groups excluding carboxylic acids is 1. The van der Waals surface area contributed by atoms with Gasteiger partial charge in [-0.05, 0) is 38.0 Å². The summed E-state index contributed by atoms with van der Waals surface area (Å²) in [6.07, 6.45) is 2.12. The minimum atomic E-state index is 0.0131. The van der Waals surface area contributed by atoms with Gasteiger partial charge in [0.1, 0.15) is 0 Å². The van der Waals surface area contributed by atoms with Crippen molar-refractivity contribution in [3.63, 3.8) is 0 Å². The molecule has 0 N–H and O–H groups in total. The van der Waals surface area contributed by atoms with Crippen molar-refractivity contribution in [2.75, 3.05) is 14.2 Å². The molecule has 23 heavy (non-hydrogen) atoms. The van der Waals surface area contributed by atoms with E-state index in [1.165, 1.54) is 0 Å². The van der Waals surface area contributed by atoms with Crippen LogP contribution in [0.1, 0.15) is 33.9 Å². The summed E-state index contributed by atoms with van der Waals surface area (Å²) in [6, 6.07) is 5.61. The van der Waals surface area contributed by atoms with E-state index >= 15 is 0 Å². The maximum Gasteiger partial charge on any atom is 0.254 e. The highest BCUT2D eigenvalue weighted by molar-refractivity contribution is 7.09. The first kappa shape index (κ1) is 15.8. The smallest absolute Gasteiger partial charge is 0.254 e. The molecular weight excluding hydrogens is 312 g/mol. The van der Waals surface area contributed by atoms with Gasteiger partial charge in [-0.25, -0.2) is 4.98 Å². The maximum atomic E-state index is 12.9. The van der Waals surface area contributed by atoms with Gasteiger partial charge in [-0.3, -0.25) is 4.79 Å². The first-order valence-corrected chi connectivity index (χ1v) is 8.44. The lowest BCUT2D eigenvalue weighted by Gasteiger charge is -2.22. The fourth-order valence-electron chi connectivity index (χ4n) is 2.54. The molecule has 5 nitrogen and oxygen atoms in total. The van der Waals surface area contributed by atoms with Crippen LogP contribution in [0.3, 0.4) is 0 Å². The molecule has 1 amide bonds. The molecule has 1 aliphatic rings. The van der Waals surface area contributed by atoms with Gasteiger partial charge in [-0.15, -0.1) is 11.3 Å². The van der Waals surface area contributed by atoms with Gasteiger partial charge in [0.25, 0.3) is 5.91 Å². The monoisotopic (exact) mass is 332 g/mol. The summed E-state index contributed by atoms with van der Waals surface area (Å²) in [5.41, 5.74) is 1.56. The van der Waals surface area contributed by atoms with Crippen molar-refractivity contribution >= 4 is 17.2 Å². The van der Waals surface area contributed by atoms with E-state index in [-0.39, 0.29) is 5.91 Å². The zero-order valence-electron chi connectivity index (χ0n) is 13.5. The largest absolute Gasteiger partial charge is 0.493 e. The average molecular weight is 332 g/mol. The van der Waals surface area contributed by atoms with Gasteiger partial charge >= 0.3 is 0 Å². The van der Waals surface area contributed by atoms with Gasteiger partial charge in [0.15, 0.2) is 11.5 Å². The molecule has 1 aromatic heterocycles. The number of carbonyl (C=O) groups is 1. The average Bonchev–Trinajstić information content (AvgIpc) is 3.33. The van der Waals surface area contributed by atoms with E-state index in [0.29, 0.717) is 29.6 Å². The van der Waals surface area contributed by atoms with Gasteiger partial charge in [0.05, 0.1) is 31.5 Å². The second-order valence-electron chi connectivity index (χ2n) is 5.59. The molecule has 6 heteroatoms. The van der Waals surface area contributed by atoms with Crippen LogP contribution < -0.4 is 9.47 Å². The van der Waals surface area contributed by atoms with Crippen molar-refractivity contribution in [1.82, 2.24) is 9.88 Å². The molecule has 1 saturated carbocycles. The van der Waals surface area contributed by atoms with E-state index in [4.69, 9.17) is 9.47 Å². The highest BCUT2D eigenvalue weighted by atomic mass is 32.1. The fraction of sp³-hybridized carbons (Fsp3) is 0.412. The Morgan fingerprint density at radius 3 is 2.61 bits per heavy atom. The number of hydrogen-bond acceptors (Lipinski definition) is 5. The Morgan fingerprint density at radius 1 is 1.30 bits per heavy atom. The van der Waals surface area contributed by atoms with Gasteiger partial charge in [0.2, 0.25) is 0 Å². The van der Waals surface area contributed by atoms with Crippen molar-refractivity contribution in [3.05, 3.63) is 39.8 Å². The van der Waals surface area contributed by atoms with Crippen LogP contribution in [0.5, 0.6) is 11.5 Å². The third kappa shape index (κ3) is 3.47. The SMILES string of the molecule is COc1ccc(C(=O)N(Cc2csc(C)n2)C2CC2)cc1OC. The summed E-state index contributed by atoms with van der Waals surface area (Å²) >= 11 is 1.61. The lowest BCUT2D eigenvalue weighted by atomic mass is 10.1. The Morgan fingerprint density at radius 2 is 2.04 bits per heavy atom. The number of rotatable bonds is 6. The predicted octanol–water partition coefficient (Wildman–Crippen LogP) is 3.27. The lowest BCUT2D eigenvalue weighted by molar-refractivity contribution is 0.0727. The molecule has 0 spiro atoms. The van der Waals surface area contributed by atoms with Crippen molar-refractivity contribution in [3.8, 4) is 11.5 Å². The molecule has 3 rings (SSSR count). The summed E-state index contributed by atoms with van der Waals surface area (Å²) in [6.45, 7) is 2.54. The van der Waals surface area contributed by atoms with Gasteiger partial charge in [-0.1, -0.05) is 0 Å². The molecule has 0 unspecified atom stereocenters. The van der Waals surface area contributed by atoms with Crippen molar-refractivity contribution in [2.24, 2.45) is 0 Å². The summed E-state index contributed by atoms with van der Waals surface area (Å²) in [7, 11) is 3.16. The normalized spacial score (nSPS) is 13.7. The summed E-state index contributed by atoms with van der Waals surface area (Å²) in [5.74, 6) is 1.20. The van der Waals surface area contributed by atoms with E-state index in [9.17, 15) is 4.79 Å². The number of hydrogen-bond donors (Lipinski definition) is 0. The number of amides is 1.